The van der Waals surface area contributed by atoms with Gasteiger partial charge in [0.15, 0.2) is 11.6 Å². The molecule has 2 aliphatic carbocycles. The molecule has 0 saturated heterocycles. The van der Waals surface area contributed by atoms with Crippen LogP contribution in [0.1, 0.15) is 76.8 Å². The molecule has 8 nitrogen and oxygen atoms in total. The van der Waals surface area contributed by atoms with Crippen LogP contribution in [0.3, 0.4) is 0 Å². The molecular formula is C34H39ClN2O6. The summed E-state index contributed by atoms with van der Waals surface area (Å²) < 4.78 is 11.7. The third-order valence-corrected chi connectivity index (χ3v) is 8.79. The van der Waals surface area contributed by atoms with Gasteiger partial charge in [0.25, 0.3) is 5.69 Å². The summed E-state index contributed by atoms with van der Waals surface area (Å²) in [6.07, 6.45) is 2.91. The normalized spacial score (nSPS) is 19.8. The molecule has 3 aliphatic rings. The summed E-state index contributed by atoms with van der Waals surface area (Å²) in [4.78, 5) is 41.3. The molecule has 1 heterocycles. The van der Waals surface area contributed by atoms with Crippen LogP contribution in [0.5, 0.6) is 5.75 Å². The number of hydrogen-bond donors (Lipinski definition) is 0. The Kier molecular flexibility index (Phi) is 8.56. The monoisotopic (exact) mass is 606 g/mol. The Hall–Kier alpha value is -3.49. The Morgan fingerprint density at radius 1 is 0.953 bits per heavy atom. The van der Waals surface area contributed by atoms with E-state index in [1.165, 1.54) is 12.1 Å². The van der Waals surface area contributed by atoms with Crippen molar-refractivity contribution in [2.45, 2.75) is 72.3 Å². The number of Topliss-reactive ketones (excluding diaryl/α,β-unsaturated/α-hetero) is 2. The molecule has 0 radical (unpaired) electrons. The van der Waals surface area contributed by atoms with Gasteiger partial charge in [0.2, 0.25) is 0 Å². The van der Waals surface area contributed by atoms with E-state index in [1.807, 2.05) is 0 Å². The second kappa shape index (κ2) is 11.9. The zero-order valence-electron chi connectivity index (χ0n) is 25.5. The Morgan fingerprint density at radius 2 is 1.58 bits per heavy atom. The number of ketones is 2. The molecule has 0 fully saturated rings. The predicted octanol–water partition coefficient (Wildman–Crippen LogP) is 7.55. The molecule has 228 valence electrons. The number of ether oxygens (including phenoxy) is 2. The van der Waals surface area contributed by atoms with Gasteiger partial charge in [-0.1, -0.05) is 51.4 Å². The number of halogens is 1. The van der Waals surface area contributed by atoms with Crippen molar-refractivity contribution in [2.24, 2.45) is 10.8 Å². The average Bonchev–Trinajstić information content (AvgIpc) is 2.91. The van der Waals surface area contributed by atoms with E-state index < -0.39 is 10.8 Å². The average molecular weight is 607 g/mol. The summed E-state index contributed by atoms with van der Waals surface area (Å²) in [6, 6.07) is 11.6. The first kappa shape index (κ1) is 31.0. The number of methoxy groups -OCH3 is 1. The van der Waals surface area contributed by atoms with Gasteiger partial charge in [0.05, 0.1) is 4.92 Å². The highest BCUT2D eigenvalue weighted by Gasteiger charge is 2.49. The van der Waals surface area contributed by atoms with E-state index in [1.54, 1.807) is 37.4 Å². The number of nitrogens with zero attached hydrogens (tertiary/aromatic N) is 2. The molecule has 9 heteroatoms. The second-order valence-electron chi connectivity index (χ2n) is 13.4. The summed E-state index contributed by atoms with van der Waals surface area (Å²) in [6.45, 7) is 9.76. The minimum Gasteiger partial charge on any atom is -0.489 e. The van der Waals surface area contributed by atoms with Crippen molar-refractivity contribution in [3.05, 3.63) is 91.3 Å². The van der Waals surface area contributed by atoms with Gasteiger partial charge in [0, 0.05) is 84.3 Å². The van der Waals surface area contributed by atoms with Gasteiger partial charge in [-0.15, -0.1) is 0 Å². The standard InChI is InChI=1S/C34H39ClN2O6/c1-33(2)16-25-31(27(38)18-33)30(32-26(36(25)12-7-13-42-5)17-34(3,4)19-28(32)39)24-15-22(35)10-11-29(24)43-20-21-8-6-9-23(14-21)37(40)41/h6,8-11,14-15,30H,7,12-13,16-20H2,1-5H3. The maximum Gasteiger partial charge on any atom is 0.269 e. The van der Waals surface area contributed by atoms with Crippen LogP contribution in [0.2, 0.25) is 5.02 Å². The third kappa shape index (κ3) is 6.41. The third-order valence-electron chi connectivity index (χ3n) is 8.55. The fourth-order valence-electron chi connectivity index (χ4n) is 6.79. The largest absolute Gasteiger partial charge is 0.489 e. The minimum absolute atomic E-state index is 0.0197. The maximum atomic E-state index is 14.1. The van der Waals surface area contributed by atoms with E-state index in [-0.39, 0.29) is 34.7 Å². The summed E-state index contributed by atoms with van der Waals surface area (Å²) in [5.41, 5.74) is 4.03. The fourth-order valence-corrected chi connectivity index (χ4v) is 6.97. The van der Waals surface area contributed by atoms with Gasteiger partial charge in [0.1, 0.15) is 12.4 Å². The number of allylic oxidation sites excluding steroid dienone is 4. The maximum absolute atomic E-state index is 14.1. The summed E-state index contributed by atoms with van der Waals surface area (Å²) in [7, 11) is 1.68. The van der Waals surface area contributed by atoms with Crippen molar-refractivity contribution in [1.82, 2.24) is 4.90 Å². The van der Waals surface area contributed by atoms with E-state index >= 15 is 0 Å². The highest BCUT2D eigenvalue weighted by molar-refractivity contribution is 6.30. The lowest BCUT2D eigenvalue weighted by Crippen LogP contribution is -2.44. The van der Waals surface area contributed by atoms with E-state index in [4.69, 9.17) is 21.1 Å². The number of rotatable bonds is 9. The topological polar surface area (TPSA) is 99.0 Å². The predicted molar refractivity (Wildman–Crippen MR) is 165 cm³/mol. The molecule has 0 unspecified atom stereocenters. The van der Waals surface area contributed by atoms with E-state index in [0.717, 1.165) is 17.8 Å². The second-order valence-corrected chi connectivity index (χ2v) is 13.9. The van der Waals surface area contributed by atoms with Crippen LogP contribution in [-0.4, -0.2) is 41.7 Å². The van der Waals surface area contributed by atoms with Gasteiger partial charge >= 0.3 is 0 Å². The van der Waals surface area contributed by atoms with Crippen molar-refractivity contribution in [3.63, 3.8) is 0 Å². The first-order valence-electron chi connectivity index (χ1n) is 14.7. The molecule has 0 spiro atoms. The minimum atomic E-state index is -0.616. The number of hydrogen-bond acceptors (Lipinski definition) is 7. The quantitative estimate of drug-likeness (QED) is 0.165. The fraction of sp³-hybridized carbons (Fsp3) is 0.471. The summed E-state index contributed by atoms with van der Waals surface area (Å²) in [5, 5.41) is 11.8. The zero-order valence-corrected chi connectivity index (χ0v) is 26.3. The van der Waals surface area contributed by atoms with Gasteiger partial charge in [-0.05, 0) is 53.9 Å². The van der Waals surface area contributed by atoms with Crippen molar-refractivity contribution < 1.29 is 24.0 Å². The molecule has 0 amide bonds. The van der Waals surface area contributed by atoms with E-state index in [0.29, 0.717) is 71.9 Å². The number of non-ortho nitro benzene ring substituents is 1. The number of carbonyl (C=O) groups excluding carboxylic acids is 2. The van der Waals surface area contributed by atoms with Gasteiger partial charge in [-0.3, -0.25) is 19.7 Å². The van der Waals surface area contributed by atoms with Gasteiger partial charge in [-0.25, -0.2) is 0 Å². The number of nitro groups is 1. The van der Waals surface area contributed by atoms with Gasteiger partial charge in [-0.2, -0.15) is 0 Å². The molecule has 0 saturated carbocycles. The Labute approximate surface area is 257 Å². The van der Waals surface area contributed by atoms with Crippen LogP contribution in [0.25, 0.3) is 0 Å². The van der Waals surface area contributed by atoms with Crippen LogP contribution < -0.4 is 4.74 Å². The van der Waals surface area contributed by atoms with Crippen molar-refractivity contribution in [1.29, 1.82) is 0 Å². The molecule has 5 rings (SSSR count). The summed E-state index contributed by atoms with van der Waals surface area (Å²) >= 11 is 6.58. The summed E-state index contributed by atoms with van der Waals surface area (Å²) in [5.74, 6) is -0.0686. The smallest absolute Gasteiger partial charge is 0.269 e. The van der Waals surface area contributed by atoms with Crippen LogP contribution in [0.4, 0.5) is 5.69 Å². The Morgan fingerprint density at radius 3 is 2.16 bits per heavy atom. The molecule has 0 aromatic heterocycles. The first-order chi connectivity index (χ1) is 20.3. The molecule has 0 atom stereocenters. The highest BCUT2D eigenvalue weighted by atomic mass is 35.5. The van der Waals surface area contributed by atoms with Crippen molar-refractivity contribution in [3.8, 4) is 5.75 Å². The molecule has 2 aromatic rings. The van der Waals surface area contributed by atoms with Crippen molar-refractivity contribution >= 4 is 28.9 Å². The zero-order chi connectivity index (χ0) is 31.1. The number of nitro benzene ring substituents is 1. The molecule has 2 aromatic carbocycles. The van der Waals surface area contributed by atoms with Crippen LogP contribution in [0.15, 0.2) is 65.0 Å². The van der Waals surface area contributed by atoms with Crippen LogP contribution >= 0.6 is 11.6 Å². The van der Waals surface area contributed by atoms with E-state index in [2.05, 4.69) is 32.6 Å². The SMILES string of the molecule is COCCCN1C2=C(C(=O)CC(C)(C)C2)C(c2cc(Cl)ccc2OCc2cccc([N+](=O)[O-])c2)C2=C1CC(C)(C)CC2=O. The molecule has 0 bridgehead atoms. The highest BCUT2D eigenvalue weighted by Crippen LogP contribution is 2.55. The molecule has 43 heavy (non-hydrogen) atoms. The van der Waals surface area contributed by atoms with E-state index in [9.17, 15) is 19.7 Å². The number of benzene rings is 2. The molecule has 0 N–H and O–H groups in total. The lowest BCUT2D eigenvalue weighted by atomic mass is 9.63. The number of carbonyl (C=O) groups is 2. The lowest BCUT2D eigenvalue weighted by molar-refractivity contribution is -0.384. The van der Waals surface area contributed by atoms with Crippen molar-refractivity contribution in [2.75, 3.05) is 20.3 Å². The first-order valence-corrected chi connectivity index (χ1v) is 15.1. The molecule has 1 aliphatic heterocycles. The Balaban J connectivity index is 1.67. The Bertz CT molecular complexity index is 1490. The molecular weight excluding hydrogens is 568 g/mol. The lowest BCUT2D eigenvalue weighted by Gasteiger charge is -2.49. The van der Waals surface area contributed by atoms with Crippen LogP contribution in [0, 0.1) is 20.9 Å². The van der Waals surface area contributed by atoms with Gasteiger partial charge < -0.3 is 14.4 Å². The van der Waals surface area contributed by atoms with Crippen LogP contribution in [-0.2, 0) is 20.9 Å².